The zero-order chi connectivity index (χ0) is 28.8. The zero-order valence-corrected chi connectivity index (χ0v) is 24.3. The molecule has 0 saturated carbocycles. The summed E-state index contributed by atoms with van der Waals surface area (Å²) in [5.74, 6) is 0.528. The second-order valence-corrected chi connectivity index (χ2v) is 10.8. The van der Waals surface area contributed by atoms with Crippen LogP contribution >= 0.6 is 35.4 Å². The fourth-order valence-electron chi connectivity index (χ4n) is 4.55. The summed E-state index contributed by atoms with van der Waals surface area (Å²) in [5.41, 5.74) is 3.32. The number of hydrogen-bond donors (Lipinski definition) is 2. The third-order valence-electron chi connectivity index (χ3n) is 6.62. The van der Waals surface area contributed by atoms with Gasteiger partial charge in [-0.15, -0.1) is 0 Å². The predicted octanol–water partition coefficient (Wildman–Crippen LogP) is 7.24. The van der Waals surface area contributed by atoms with E-state index in [4.69, 9.17) is 39.8 Å². The second kappa shape index (κ2) is 13.3. The van der Waals surface area contributed by atoms with Gasteiger partial charge in [0.2, 0.25) is 5.91 Å². The van der Waals surface area contributed by atoms with E-state index in [-0.39, 0.29) is 10.9 Å². The van der Waals surface area contributed by atoms with E-state index in [2.05, 4.69) is 20.4 Å². The summed E-state index contributed by atoms with van der Waals surface area (Å²) in [6, 6.07) is 23.5. The number of nitrogens with one attached hydrogen (secondary N) is 2. The number of hydrogen-bond acceptors (Lipinski definition) is 5. The molecule has 1 saturated heterocycles. The number of piperazine rings is 1. The molecule has 210 valence electrons. The van der Waals surface area contributed by atoms with Gasteiger partial charge in [-0.05, 0) is 79.0 Å². The zero-order valence-electron chi connectivity index (χ0n) is 21.9. The molecule has 1 fully saturated rings. The first-order chi connectivity index (χ1) is 19.8. The highest BCUT2D eigenvalue weighted by atomic mass is 35.5. The van der Waals surface area contributed by atoms with E-state index in [0.29, 0.717) is 28.1 Å². The van der Waals surface area contributed by atoms with Gasteiger partial charge in [0.1, 0.15) is 17.3 Å². The molecular formula is C31H27Cl2FN4O2S. The molecule has 1 aliphatic heterocycles. The molecule has 0 atom stereocenters. The summed E-state index contributed by atoms with van der Waals surface area (Å²) in [5, 5.41) is 6.86. The van der Waals surface area contributed by atoms with Crippen LogP contribution in [0.1, 0.15) is 11.3 Å². The number of benzene rings is 3. The topological polar surface area (TPSA) is 60.8 Å². The van der Waals surface area contributed by atoms with Gasteiger partial charge in [0, 0.05) is 71.3 Å². The summed E-state index contributed by atoms with van der Waals surface area (Å²) >= 11 is 17.4. The summed E-state index contributed by atoms with van der Waals surface area (Å²) in [7, 11) is 0. The molecule has 3 aromatic carbocycles. The maximum atomic E-state index is 14.0. The van der Waals surface area contributed by atoms with Crippen molar-refractivity contribution < 1.29 is 13.6 Å². The van der Waals surface area contributed by atoms with Crippen LogP contribution in [-0.4, -0.2) is 42.1 Å². The maximum absolute atomic E-state index is 14.0. The number of carbonyl (C=O) groups is 1. The fraction of sp³-hybridized carbons (Fsp3) is 0.161. The molecule has 0 bridgehead atoms. The molecule has 2 N–H and O–H groups in total. The van der Waals surface area contributed by atoms with Gasteiger partial charge < -0.3 is 14.6 Å². The van der Waals surface area contributed by atoms with E-state index in [9.17, 15) is 9.18 Å². The van der Waals surface area contributed by atoms with Crippen molar-refractivity contribution in [1.82, 2.24) is 10.2 Å². The lowest BCUT2D eigenvalue weighted by Gasteiger charge is -2.36. The number of anilines is 2. The van der Waals surface area contributed by atoms with Gasteiger partial charge >= 0.3 is 0 Å². The van der Waals surface area contributed by atoms with Crippen molar-refractivity contribution in [3.05, 3.63) is 112 Å². The van der Waals surface area contributed by atoms with Crippen LogP contribution in [0.3, 0.4) is 0 Å². The Hall–Kier alpha value is -3.69. The van der Waals surface area contributed by atoms with Gasteiger partial charge in [0.15, 0.2) is 5.11 Å². The number of furan rings is 1. The Morgan fingerprint density at radius 1 is 0.951 bits per heavy atom. The van der Waals surface area contributed by atoms with Crippen molar-refractivity contribution in [3.8, 4) is 11.3 Å². The number of amides is 1. The quantitative estimate of drug-likeness (QED) is 0.170. The Morgan fingerprint density at radius 3 is 2.37 bits per heavy atom. The average molecular weight is 610 g/mol. The fourth-order valence-corrected chi connectivity index (χ4v) is 5.30. The van der Waals surface area contributed by atoms with Crippen LogP contribution in [0, 0.1) is 5.82 Å². The molecule has 6 nitrogen and oxygen atoms in total. The van der Waals surface area contributed by atoms with E-state index in [1.807, 2.05) is 36.4 Å². The largest absolute Gasteiger partial charge is 0.457 e. The van der Waals surface area contributed by atoms with Crippen LogP contribution < -0.4 is 15.5 Å². The second-order valence-electron chi connectivity index (χ2n) is 9.54. The standard InChI is InChI=1S/C31H27Cl2FN4O2S/c32-23-17-22(18-24(33)19-23)29-11-9-27(40-29)10-12-30(39)36-31(41)35-25-5-7-26(8-6-25)38-15-13-37(14-16-38)20-21-3-1-2-4-28(21)34/h1-12,17-19H,13-16,20H2,(H2,35,36,39,41)/b12-10+. The molecule has 0 unspecified atom stereocenters. The molecule has 0 spiro atoms. The number of thiocarbonyl (C=S) groups is 1. The highest BCUT2D eigenvalue weighted by Crippen LogP contribution is 2.29. The maximum Gasteiger partial charge on any atom is 0.250 e. The Morgan fingerprint density at radius 2 is 1.66 bits per heavy atom. The number of rotatable bonds is 7. The average Bonchev–Trinajstić information content (AvgIpc) is 3.43. The van der Waals surface area contributed by atoms with Crippen molar-refractivity contribution in [2.75, 3.05) is 36.4 Å². The summed E-state index contributed by atoms with van der Waals surface area (Å²) in [4.78, 5) is 16.9. The highest BCUT2D eigenvalue weighted by Gasteiger charge is 2.18. The molecule has 41 heavy (non-hydrogen) atoms. The smallest absolute Gasteiger partial charge is 0.250 e. The van der Waals surface area contributed by atoms with Gasteiger partial charge in [-0.3, -0.25) is 15.0 Å². The Labute approximate surface area is 253 Å². The van der Waals surface area contributed by atoms with E-state index < -0.39 is 5.91 Å². The molecule has 4 aromatic rings. The molecule has 5 rings (SSSR count). The van der Waals surface area contributed by atoms with Crippen LogP contribution in [0.4, 0.5) is 15.8 Å². The molecule has 1 amide bonds. The molecule has 2 heterocycles. The van der Waals surface area contributed by atoms with Gasteiger partial charge in [-0.1, -0.05) is 41.4 Å². The SMILES string of the molecule is O=C(/C=C/c1ccc(-c2cc(Cl)cc(Cl)c2)o1)NC(=S)Nc1ccc(N2CCN(Cc3ccccc3F)CC2)cc1. The van der Waals surface area contributed by atoms with E-state index in [1.165, 1.54) is 12.1 Å². The first kappa shape index (κ1) is 28.8. The summed E-state index contributed by atoms with van der Waals surface area (Å²) in [6.45, 7) is 4.03. The Balaban J connectivity index is 1.08. The lowest BCUT2D eigenvalue weighted by atomic mass is 10.1. The van der Waals surface area contributed by atoms with Crippen molar-refractivity contribution in [2.24, 2.45) is 0 Å². The molecular weight excluding hydrogens is 582 g/mol. The Bertz CT molecular complexity index is 1550. The summed E-state index contributed by atoms with van der Waals surface area (Å²) < 4.78 is 19.8. The summed E-state index contributed by atoms with van der Waals surface area (Å²) in [6.07, 6.45) is 2.90. The lowest BCUT2D eigenvalue weighted by Crippen LogP contribution is -2.46. The van der Waals surface area contributed by atoms with Crippen LogP contribution in [0.25, 0.3) is 17.4 Å². The number of carbonyl (C=O) groups excluding carboxylic acids is 1. The van der Waals surface area contributed by atoms with E-state index >= 15 is 0 Å². The predicted molar refractivity (Wildman–Crippen MR) is 168 cm³/mol. The Kier molecular flexibility index (Phi) is 9.36. The van der Waals surface area contributed by atoms with Crippen molar-refractivity contribution in [2.45, 2.75) is 6.54 Å². The molecule has 0 radical (unpaired) electrons. The van der Waals surface area contributed by atoms with Crippen molar-refractivity contribution >= 4 is 63.9 Å². The lowest BCUT2D eigenvalue weighted by molar-refractivity contribution is -0.115. The van der Waals surface area contributed by atoms with Crippen molar-refractivity contribution in [1.29, 1.82) is 0 Å². The van der Waals surface area contributed by atoms with Crippen LogP contribution in [0.2, 0.25) is 10.0 Å². The van der Waals surface area contributed by atoms with Crippen molar-refractivity contribution in [3.63, 3.8) is 0 Å². The monoisotopic (exact) mass is 608 g/mol. The number of nitrogens with zero attached hydrogens (tertiary/aromatic N) is 2. The minimum Gasteiger partial charge on any atom is -0.457 e. The van der Waals surface area contributed by atoms with Gasteiger partial charge in [-0.2, -0.15) is 0 Å². The molecule has 10 heteroatoms. The van der Waals surface area contributed by atoms with Gasteiger partial charge in [0.05, 0.1) is 0 Å². The van der Waals surface area contributed by atoms with E-state index in [1.54, 1.807) is 42.5 Å². The first-order valence-corrected chi connectivity index (χ1v) is 14.2. The minimum atomic E-state index is -0.392. The van der Waals surface area contributed by atoms with Crippen LogP contribution in [0.5, 0.6) is 0 Å². The molecule has 0 aliphatic carbocycles. The van der Waals surface area contributed by atoms with E-state index in [0.717, 1.165) is 48.7 Å². The normalized spacial score (nSPS) is 13.9. The highest BCUT2D eigenvalue weighted by molar-refractivity contribution is 7.80. The number of halogens is 3. The van der Waals surface area contributed by atoms with Gasteiger partial charge in [-0.25, -0.2) is 4.39 Å². The molecule has 1 aliphatic rings. The van der Waals surface area contributed by atoms with Crippen LogP contribution in [0.15, 0.2) is 89.4 Å². The molecule has 1 aromatic heterocycles. The third kappa shape index (κ3) is 7.95. The van der Waals surface area contributed by atoms with Crippen LogP contribution in [-0.2, 0) is 11.3 Å². The minimum absolute atomic E-state index is 0.157. The third-order valence-corrected chi connectivity index (χ3v) is 7.26. The van der Waals surface area contributed by atoms with Gasteiger partial charge in [0.25, 0.3) is 0 Å². The first-order valence-electron chi connectivity index (χ1n) is 13.0.